The number of nitrogens with zero attached hydrogens (tertiary/aromatic N) is 1. The van der Waals surface area contributed by atoms with E-state index in [2.05, 4.69) is 4.72 Å². The van der Waals surface area contributed by atoms with Crippen molar-refractivity contribution >= 4 is 38.1 Å². The van der Waals surface area contributed by atoms with Crippen LogP contribution in [0.1, 0.15) is 13.3 Å². The molecule has 1 fully saturated rings. The molecule has 3 N–H and O–H groups in total. The van der Waals surface area contributed by atoms with E-state index in [1.165, 1.54) is 17.3 Å². The van der Waals surface area contributed by atoms with Crippen LogP contribution >= 0.6 is 12.4 Å². The lowest BCUT2D eigenvalue weighted by Crippen LogP contribution is -2.30. The topological polar surface area (TPSA) is 110 Å². The molecule has 11 heteroatoms. The van der Waals surface area contributed by atoms with E-state index in [0.717, 1.165) is 12.1 Å². The summed E-state index contributed by atoms with van der Waals surface area (Å²) in [6.07, 6.45) is 0.673. The van der Waals surface area contributed by atoms with Crippen molar-refractivity contribution in [2.75, 3.05) is 30.1 Å². The highest BCUT2D eigenvalue weighted by atomic mass is 35.5. The molecule has 0 amide bonds. The molecule has 0 spiro atoms. The van der Waals surface area contributed by atoms with E-state index in [1.54, 1.807) is 0 Å². The molecule has 138 valence electrons. The molecule has 2 rings (SSSR count). The summed E-state index contributed by atoms with van der Waals surface area (Å²) < 4.78 is 65.3. The van der Waals surface area contributed by atoms with Gasteiger partial charge in [-0.3, -0.25) is 4.72 Å². The summed E-state index contributed by atoms with van der Waals surface area (Å²) in [5, 5.41) is 0. The first-order valence-corrected chi connectivity index (χ1v) is 10.3. The number of hydrogen-bond acceptors (Lipinski definition) is 5. The average molecular weight is 402 g/mol. The highest BCUT2D eigenvalue weighted by Crippen LogP contribution is 2.26. The zero-order valence-corrected chi connectivity index (χ0v) is 15.6. The van der Waals surface area contributed by atoms with Gasteiger partial charge in [0.2, 0.25) is 20.0 Å². The first-order chi connectivity index (χ1) is 10.7. The zero-order valence-electron chi connectivity index (χ0n) is 13.1. The molecule has 0 bridgehead atoms. The van der Waals surface area contributed by atoms with Crippen LogP contribution in [0.5, 0.6) is 0 Å². The summed E-state index contributed by atoms with van der Waals surface area (Å²) >= 11 is 0. The van der Waals surface area contributed by atoms with Crippen LogP contribution in [0.3, 0.4) is 0 Å². The van der Waals surface area contributed by atoms with Gasteiger partial charge >= 0.3 is 0 Å². The van der Waals surface area contributed by atoms with Gasteiger partial charge in [0.25, 0.3) is 0 Å². The molecule has 0 aliphatic carbocycles. The van der Waals surface area contributed by atoms with Gasteiger partial charge in [-0.1, -0.05) is 0 Å². The third kappa shape index (κ3) is 4.57. The molecule has 7 nitrogen and oxygen atoms in total. The fraction of sp³-hybridized carbons (Fsp3) is 0.538. The number of benzene rings is 1. The minimum absolute atomic E-state index is 0. The van der Waals surface area contributed by atoms with E-state index in [0.29, 0.717) is 26.1 Å². The van der Waals surface area contributed by atoms with Crippen molar-refractivity contribution in [3.8, 4) is 0 Å². The van der Waals surface area contributed by atoms with Crippen LogP contribution in [0, 0.1) is 11.7 Å². The standard InChI is InChI=1S/C13H20FN3O4S2.ClH/c1-2-22(18,19)16-13-4-3-11(7-12(13)14)23(20,21)17-6-5-10(8-15)9-17;/h3-4,7,10,16H,2,5-6,8-9,15H2,1H3;1H. The van der Waals surface area contributed by atoms with Gasteiger partial charge in [-0.2, -0.15) is 4.31 Å². The zero-order chi connectivity index (χ0) is 17.3. The molecule has 1 atom stereocenters. The molecule has 1 aliphatic rings. The molecule has 1 saturated heterocycles. The first-order valence-electron chi connectivity index (χ1n) is 7.20. The Morgan fingerprint density at radius 2 is 2.00 bits per heavy atom. The molecule has 1 heterocycles. The number of hydrogen-bond donors (Lipinski definition) is 2. The van der Waals surface area contributed by atoms with Gasteiger partial charge in [0.05, 0.1) is 16.3 Å². The molecule has 24 heavy (non-hydrogen) atoms. The van der Waals surface area contributed by atoms with Gasteiger partial charge < -0.3 is 5.73 Å². The predicted octanol–water partition coefficient (Wildman–Crippen LogP) is 0.978. The Kier molecular flexibility index (Phi) is 7.00. The van der Waals surface area contributed by atoms with Crippen molar-refractivity contribution in [2.45, 2.75) is 18.2 Å². The van der Waals surface area contributed by atoms with Gasteiger partial charge in [0.15, 0.2) is 0 Å². The Bertz CT molecular complexity index is 786. The molecule has 1 aromatic carbocycles. The average Bonchev–Trinajstić information content (AvgIpc) is 2.99. The maximum Gasteiger partial charge on any atom is 0.243 e. The normalized spacial score (nSPS) is 19.0. The molecule has 1 aromatic rings. The van der Waals surface area contributed by atoms with Crippen LogP contribution in [0.4, 0.5) is 10.1 Å². The number of halogens is 2. The third-order valence-corrected chi connectivity index (χ3v) is 6.96. The van der Waals surface area contributed by atoms with Gasteiger partial charge in [-0.25, -0.2) is 21.2 Å². The maximum atomic E-state index is 14.0. The van der Waals surface area contributed by atoms with Crippen LogP contribution in [0.15, 0.2) is 23.1 Å². The van der Waals surface area contributed by atoms with Crippen LogP contribution in [-0.4, -0.2) is 46.5 Å². The van der Waals surface area contributed by atoms with Crippen molar-refractivity contribution < 1.29 is 21.2 Å². The van der Waals surface area contributed by atoms with Crippen molar-refractivity contribution in [3.05, 3.63) is 24.0 Å². The number of rotatable bonds is 6. The fourth-order valence-electron chi connectivity index (χ4n) is 2.34. The van der Waals surface area contributed by atoms with E-state index >= 15 is 0 Å². The second-order valence-electron chi connectivity index (χ2n) is 5.40. The largest absolute Gasteiger partial charge is 0.330 e. The second kappa shape index (κ2) is 7.96. The fourth-order valence-corrected chi connectivity index (χ4v) is 4.52. The molecular formula is C13H21ClFN3O4S2. The summed E-state index contributed by atoms with van der Waals surface area (Å²) in [6.45, 7) is 2.47. The summed E-state index contributed by atoms with van der Waals surface area (Å²) in [7, 11) is -7.44. The number of nitrogens with one attached hydrogen (secondary N) is 1. The van der Waals surface area contributed by atoms with E-state index in [1.807, 2.05) is 0 Å². The lowest BCUT2D eigenvalue weighted by molar-refractivity contribution is 0.458. The van der Waals surface area contributed by atoms with E-state index in [9.17, 15) is 21.2 Å². The molecule has 1 aliphatic heterocycles. The highest BCUT2D eigenvalue weighted by Gasteiger charge is 2.32. The number of sulfonamides is 2. The quantitative estimate of drug-likeness (QED) is 0.738. The van der Waals surface area contributed by atoms with Gasteiger partial charge in [-0.05, 0) is 44.0 Å². The molecule has 0 aromatic heterocycles. The minimum atomic E-state index is -3.81. The molecule has 0 saturated carbocycles. The Balaban J connectivity index is 0.00000288. The summed E-state index contributed by atoms with van der Waals surface area (Å²) in [5.41, 5.74) is 5.28. The molecule has 1 unspecified atom stereocenters. The number of anilines is 1. The number of nitrogens with two attached hydrogens (primary N) is 1. The van der Waals surface area contributed by atoms with E-state index in [-0.39, 0.29) is 34.7 Å². The van der Waals surface area contributed by atoms with E-state index in [4.69, 9.17) is 5.73 Å². The monoisotopic (exact) mass is 401 g/mol. The Morgan fingerprint density at radius 3 is 2.50 bits per heavy atom. The molecule has 0 radical (unpaired) electrons. The summed E-state index contributed by atoms with van der Waals surface area (Å²) in [4.78, 5) is -0.202. The SMILES string of the molecule is CCS(=O)(=O)Nc1ccc(S(=O)(=O)N2CCC(CN)C2)cc1F.Cl. The summed E-state index contributed by atoms with van der Waals surface area (Å²) in [6, 6.07) is 3.15. The second-order valence-corrected chi connectivity index (χ2v) is 9.35. The van der Waals surface area contributed by atoms with Gasteiger partial charge in [0.1, 0.15) is 5.82 Å². The highest BCUT2D eigenvalue weighted by molar-refractivity contribution is 7.92. The van der Waals surface area contributed by atoms with Crippen molar-refractivity contribution in [3.63, 3.8) is 0 Å². The van der Waals surface area contributed by atoms with Crippen LogP contribution in [0.25, 0.3) is 0 Å². The third-order valence-electron chi connectivity index (χ3n) is 3.81. The predicted molar refractivity (Wildman–Crippen MR) is 92.7 cm³/mol. The Hall–Kier alpha value is -0.940. The molecular weight excluding hydrogens is 381 g/mol. The smallest absolute Gasteiger partial charge is 0.243 e. The van der Waals surface area contributed by atoms with Gasteiger partial charge in [0, 0.05) is 13.1 Å². The van der Waals surface area contributed by atoms with Crippen molar-refractivity contribution in [2.24, 2.45) is 11.7 Å². The van der Waals surface area contributed by atoms with Crippen LogP contribution in [-0.2, 0) is 20.0 Å². The Labute approximate surface area is 147 Å². The minimum Gasteiger partial charge on any atom is -0.330 e. The summed E-state index contributed by atoms with van der Waals surface area (Å²) in [5.74, 6) is -1.04. The van der Waals surface area contributed by atoms with Gasteiger partial charge in [-0.15, -0.1) is 12.4 Å². The lowest BCUT2D eigenvalue weighted by Gasteiger charge is -2.17. The Morgan fingerprint density at radius 1 is 1.33 bits per heavy atom. The van der Waals surface area contributed by atoms with Crippen molar-refractivity contribution in [1.82, 2.24) is 4.31 Å². The van der Waals surface area contributed by atoms with Crippen LogP contribution in [0.2, 0.25) is 0 Å². The van der Waals surface area contributed by atoms with Crippen molar-refractivity contribution in [1.29, 1.82) is 0 Å². The van der Waals surface area contributed by atoms with E-state index < -0.39 is 25.9 Å². The van der Waals surface area contributed by atoms with Crippen LogP contribution < -0.4 is 10.5 Å². The first kappa shape index (κ1) is 21.1. The lowest BCUT2D eigenvalue weighted by atomic mass is 10.1. The maximum absolute atomic E-state index is 14.0.